The highest BCUT2D eigenvalue weighted by molar-refractivity contribution is 8.22. The zero-order valence-corrected chi connectivity index (χ0v) is 10.0. The first-order valence-corrected chi connectivity index (χ1v) is 5.70. The topological polar surface area (TPSA) is 67.4 Å². The third kappa shape index (κ3) is 3.45. The average molecular weight is 241 g/mol. The Morgan fingerprint density at radius 1 is 1.60 bits per heavy atom. The first-order valence-electron chi connectivity index (χ1n) is 4.07. The van der Waals surface area contributed by atoms with E-state index >= 15 is 0 Å². The average Bonchev–Trinajstić information content (AvgIpc) is 2.29. The largest absolute Gasteiger partial charge is 0.380 e. The van der Waals surface area contributed by atoms with Crippen LogP contribution >= 0.6 is 24.0 Å². The van der Waals surface area contributed by atoms with Gasteiger partial charge in [-0.05, 0) is 6.26 Å². The Kier molecular flexibility index (Phi) is 4.44. The Labute approximate surface area is 97.8 Å². The van der Waals surface area contributed by atoms with Crippen molar-refractivity contribution in [2.75, 3.05) is 13.3 Å². The van der Waals surface area contributed by atoms with Gasteiger partial charge in [0.05, 0.1) is 6.20 Å². The van der Waals surface area contributed by atoms with Crippen molar-refractivity contribution in [3.8, 4) is 0 Å². The van der Waals surface area contributed by atoms with Crippen LogP contribution in [0.3, 0.4) is 0 Å². The molecule has 0 unspecified atom stereocenters. The predicted molar refractivity (Wildman–Crippen MR) is 66.6 cm³/mol. The SMILES string of the molecule is CSC(=S)N(C)/N=C(\N)c1cnccn1. The second-order valence-corrected chi connectivity index (χ2v) is 4.01. The normalized spacial score (nSPS) is 11.2. The highest BCUT2D eigenvalue weighted by atomic mass is 32.2. The molecule has 7 heteroatoms. The smallest absolute Gasteiger partial charge is 0.171 e. The molecule has 5 nitrogen and oxygen atoms in total. The number of aromatic nitrogens is 2. The third-order valence-electron chi connectivity index (χ3n) is 1.52. The summed E-state index contributed by atoms with van der Waals surface area (Å²) in [6.45, 7) is 0. The van der Waals surface area contributed by atoms with Crippen molar-refractivity contribution >= 4 is 34.1 Å². The number of hydrogen-bond acceptors (Lipinski definition) is 5. The molecule has 0 fully saturated rings. The Bertz CT molecular complexity index is 365. The Morgan fingerprint density at radius 3 is 2.87 bits per heavy atom. The lowest BCUT2D eigenvalue weighted by Crippen LogP contribution is -2.24. The summed E-state index contributed by atoms with van der Waals surface area (Å²) in [5, 5.41) is 5.61. The molecule has 1 heterocycles. The fourth-order valence-electron chi connectivity index (χ4n) is 0.817. The van der Waals surface area contributed by atoms with Crippen LogP contribution in [0, 0.1) is 0 Å². The van der Waals surface area contributed by atoms with Crippen LogP contribution in [0.2, 0.25) is 0 Å². The molecule has 0 saturated heterocycles. The van der Waals surface area contributed by atoms with Crippen molar-refractivity contribution in [3.05, 3.63) is 24.3 Å². The molecule has 0 aliphatic carbocycles. The van der Waals surface area contributed by atoms with E-state index in [2.05, 4.69) is 15.1 Å². The molecular formula is C8H11N5S2. The zero-order valence-electron chi connectivity index (χ0n) is 8.41. The van der Waals surface area contributed by atoms with Gasteiger partial charge in [0.15, 0.2) is 10.2 Å². The van der Waals surface area contributed by atoms with Crippen molar-refractivity contribution < 1.29 is 0 Å². The molecule has 0 aliphatic rings. The van der Waals surface area contributed by atoms with Gasteiger partial charge in [-0.2, -0.15) is 5.10 Å². The fourth-order valence-corrected chi connectivity index (χ4v) is 1.16. The molecule has 0 aromatic carbocycles. The predicted octanol–water partition coefficient (Wildman–Crippen LogP) is 0.677. The van der Waals surface area contributed by atoms with Crippen LogP contribution in [0.15, 0.2) is 23.7 Å². The summed E-state index contributed by atoms with van der Waals surface area (Å²) in [4.78, 5) is 7.92. The van der Waals surface area contributed by atoms with Crippen LogP contribution in [0.25, 0.3) is 0 Å². The van der Waals surface area contributed by atoms with Gasteiger partial charge in [-0.3, -0.25) is 4.98 Å². The summed E-state index contributed by atoms with van der Waals surface area (Å²) in [5.74, 6) is 0.294. The van der Waals surface area contributed by atoms with Gasteiger partial charge < -0.3 is 5.73 Å². The minimum Gasteiger partial charge on any atom is -0.380 e. The van der Waals surface area contributed by atoms with E-state index in [1.54, 1.807) is 25.6 Å². The van der Waals surface area contributed by atoms with Crippen LogP contribution in [0.5, 0.6) is 0 Å². The van der Waals surface area contributed by atoms with Gasteiger partial charge >= 0.3 is 0 Å². The number of nitrogens with zero attached hydrogens (tertiary/aromatic N) is 4. The Hall–Kier alpha value is -1.21. The number of thioether (sulfide) groups is 1. The van der Waals surface area contributed by atoms with E-state index in [4.69, 9.17) is 18.0 Å². The van der Waals surface area contributed by atoms with E-state index < -0.39 is 0 Å². The van der Waals surface area contributed by atoms with E-state index in [9.17, 15) is 0 Å². The molecule has 0 bridgehead atoms. The Morgan fingerprint density at radius 2 is 2.33 bits per heavy atom. The maximum atomic E-state index is 5.73. The number of hydrogen-bond donors (Lipinski definition) is 1. The van der Waals surface area contributed by atoms with Gasteiger partial charge in [0, 0.05) is 19.4 Å². The second kappa shape index (κ2) is 5.62. The molecule has 0 radical (unpaired) electrons. The van der Waals surface area contributed by atoms with Gasteiger partial charge in [0.2, 0.25) is 0 Å². The van der Waals surface area contributed by atoms with E-state index in [-0.39, 0.29) is 0 Å². The summed E-state index contributed by atoms with van der Waals surface area (Å²) in [6, 6.07) is 0. The first kappa shape index (κ1) is 11.9. The van der Waals surface area contributed by atoms with E-state index in [0.29, 0.717) is 15.9 Å². The summed E-state index contributed by atoms with van der Waals surface area (Å²) < 4.78 is 0.641. The minimum atomic E-state index is 0.294. The molecule has 1 aromatic rings. The zero-order chi connectivity index (χ0) is 11.3. The van der Waals surface area contributed by atoms with Crippen LogP contribution in [0.4, 0.5) is 0 Å². The lowest BCUT2D eigenvalue weighted by molar-refractivity contribution is 0.564. The summed E-state index contributed by atoms with van der Waals surface area (Å²) in [7, 11) is 1.74. The molecule has 2 N–H and O–H groups in total. The van der Waals surface area contributed by atoms with Crippen LogP contribution in [0.1, 0.15) is 5.69 Å². The second-order valence-electron chi connectivity index (χ2n) is 2.57. The third-order valence-corrected chi connectivity index (χ3v) is 2.90. The first-order chi connectivity index (χ1) is 7.15. The molecule has 0 spiro atoms. The summed E-state index contributed by atoms with van der Waals surface area (Å²) >= 11 is 6.47. The highest BCUT2D eigenvalue weighted by Crippen LogP contribution is 2.03. The summed E-state index contributed by atoms with van der Waals surface area (Å²) in [6.07, 6.45) is 6.57. The standard InChI is InChI=1S/C8H11N5S2/c1-13(8(14)15-2)12-7(9)6-5-10-3-4-11-6/h3-5H,1-2H3,(H2,9,12). The monoisotopic (exact) mass is 241 g/mol. The fraction of sp³-hybridized carbons (Fsp3) is 0.250. The van der Waals surface area contributed by atoms with Gasteiger partial charge in [0.1, 0.15) is 5.69 Å². The van der Waals surface area contributed by atoms with E-state index in [1.165, 1.54) is 16.8 Å². The van der Waals surface area contributed by atoms with E-state index in [1.807, 2.05) is 6.26 Å². The van der Waals surface area contributed by atoms with Crippen molar-refractivity contribution in [1.82, 2.24) is 15.0 Å². The molecule has 0 atom stereocenters. The van der Waals surface area contributed by atoms with Crippen molar-refractivity contribution in [2.24, 2.45) is 10.8 Å². The highest BCUT2D eigenvalue weighted by Gasteiger charge is 2.04. The van der Waals surface area contributed by atoms with Crippen LogP contribution in [-0.4, -0.2) is 38.4 Å². The number of rotatable bonds is 2. The number of hydrazone groups is 1. The van der Waals surface area contributed by atoms with Crippen LogP contribution < -0.4 is 5.73 Å². The molecule has 0 aliphatic heterocycles. The van der Waals surface area contributed by atoms with Gasteiger partial charge in [-0.25, -0.2) is 9.99 Å². The van der Waals surface area contributed by atoms with Crippen molar-refractivity contribution in [3.63, 3.8) is 0 Å². The maximum absolute atomic E-state index is 5.73. The number of nitrogens with two attached hydrogens (primary N) is 1. The van der Waals surface area contributed by atoms with Crippen molar-refractivity contribution in [1.29, 1.82) is 0 Å². The lowest BCUT2D eigenvalue weighted by Gasteiger charge is -2.12. The van der Waals surface area contributed by atoms with Crippen LogP contribution in [-0.2, 0) is 0 Å². The molecule has 0 saturated carbocycles. The Balaban J connectivity index is 2.80. The molecule has 1 rings (SSSR count). The molecule has 0 amide bonds. The van der Waals surface area contributed by atoms with Crippen molar-refractivity contribution in [2.45, 2.75) is 0 Å². The minimum absolute atomic E-state index is 0.294. The van der Waals surface area contributed by atoms with E-state index in [0.717, 1.165) is 0 Å². The molecule has 15 heavy (non-hydrogen) atoms. The van der Waals surface area contributed by atoms with Gasteiger partial charge in [0.25, 0.3) is 0 Å². The quantitative estimate of drug-likeness (QED) is 0.355. The number of thiocarbonyl (C=S) groups is 1. The summed E-state index contributed by atoms with van der Waals surface area (Å²) in [5.41, 5.74) is 6.26. The van der Waals surface area contributed by atoms with Gasteiger partial charge in [-0.15, -0.1) is 0 Å². The molecular weight excluding hydrogens is 230 g/mol. The number of amidine groups is 1. The molecule has 1 aromatic heterocycles. The molecule has 80 valence electrons. The van der Waals surface area contributed by atoms with Gasteiger partial charge in [-0.1, -0.05) is 24.0 Å². The lowest BCUT2D eigenvalue weighted by atomic mass is 10.4. The maximum Gasteiger partial charge on any atom is 0.171 e.